The van der Waals surface area contributed by atoms with Crippen molar-refractivity contribution in [2.75, 3.05) is 0 Å². The molecule has 0 aromatic rings. The van der Waals surface area contributed by atoms with Crippen molar-refractivity contribution in [3.8, 4) is 0 Å². The van der Waals surface area contributed by atoms with Crippen LogP contribution in [0.2, 0.25) is 0 Å². The van der Waals surface area contributed by atoms with Crippen molar-refractivity contribution in [3.05, 3.63) is 47.7 Å². The smallest absolute Gasteiger partial charge is 0.0276 e. The second kappa shape index (κ2) is 2.67. The van der Waals surface area contributed by atoms with Crippen LogP contribution < -0.4 is 5.73 Å². The summed E-state index contributed by atoms with van der Waals surface area (Å²) in [5.41, 5.74) is 7.92. The van der Waals surface area contributed by atoms with Gasteiger partial charge >= 0.3 is 0 Å². The minimum atomic E-state index is 0.486. The minimum absolute atomic E-state index is 0.486. The molecular formula is C11H13N. The van der Waals surface area contributed by atoms with Gasteiger partial charge in [-0.2, -0.15) is 0 Å². The van der Waals surface area contributed by atoms with Gasteiger partial charge in [0.15, 0.2) is 0 Å². The lowest BCUT2D eigenvalue weighted by Gasteiger charge is -2.23. The third-order valence-electron chi connectivity index (χ3n) is 2.38. The molecular weight excluding hydrogens is 146 g/mol. The largest absolute Gasteiger partial charge is 0.399 e. The molecule has 1 nitrogen and oxygen atoms in total. The van der Waals surface area contributed by atoms with Gasteiger partial charge in [0.2, 0.25) is 0 Å². The molecule has 12 heavy (non-hydrogen) atoms. The molecule has 1 heteroatoms. The average Bonchev–Trinajstić information content (AvgIpc) is 2.03. The van der Waals surface area contributed by atoms with Gasteiger partial charge in [0.1, 0.15) is 0 Å². The highest BCUT2D eigenvalue weighted by Gasteiger charge is 2.17. The van der Waals surface area contributed by atoms with E-state index >= 15 is 0 Å². The predicted octanol–water partition coefficient (Wildman–Crippen LogP) is 2.15. The molecule has 2 atom stereocenters. The molecule has 0 aromatic carbocycles. The van der Waals surface area contributed by atoms with Crippen LogP contribution in [0.4, 0.5) is 0 Å². The standard InChI is InChI=1S/C11H13N/c1-8-2-3-9-4-5-11(12)7-10(9)6-8/h2-7,9-10H,12H2,1H3. The second-order valence-electron chi connectivity index (χ2n) is 3.45. The molecule has 2 N–H and O–H groups in total. The van der Waals surface area contributed by atoms with E-state index in [2.05, 4.69) is 37.3 Å². The molecule has 0 aromatic heterocycles. The number of nitrogens with two attached hydrogens (primary N) is 1. The molecule has 2 aliphatic carbocycles. The van der Waals surface area contributed by atoms with Crippen LogP contribution in [0.5, 0.6) is 0 Å². The SMILES string of the molecule is CC1=CC2C=C(N)C=CC2C=C1. The molecule has 0 fully saturated rings. The van der Waals surface area contributed by atoms with Gasteiger partial charge in [-0.15, -0.1) is 0 Å². The molecule has 0 aliphatic heterocycles. The first-order valence-corrected chi connectivity index (χ1v) is 4.28. The normalized spacial score (nSPS) is 32.4. The van der Waals surface area contributed by atoms with E-state index in [0.29, 0.717) is 11.8 Å². The van der Waals surface area contributed by atoms with E-state index < -0.39 is 0 Å². The Labute approximate surface area is 73.0 Å². The summed E-state index contributed by atoms with van der Waals surface area (Å²) in [5, 5.41) is 0. The maximum atomic E-state index is 5.71. The van der Waals surface area contributed by atoms with E-state index in [1.807, 2.05) is 6.08 Å². The van der Waals surface area contributed by atoms with E-state index in [4.69, 9.17) is 5.73 Å². The highest BCUT2D eigenvalue weighted by Crippen LogP contribution is 2.28. The van der Waals surface area contributed by atoms with Gasteiger partial charge in [0, 0.05) is 17.5 Å². The van der Waals surface area contributed by atoms with Crippen molar-refractivity contribution in [3.63, 3.8) is 0 Å². The second-order valence-corrected chi connectivity index (χ2v) is 3.45. The van der Waals surface area contributed by atoms with Gasteiger partial charge in [-0.3, -0.25) is 0 Å². The molecule has 0 saturated carbocycles. The molecule has 0 amide bonds. The zero-order valence-electron chi connectivity index (χ0n) is 7.20. The molecule has 2 unspecified atom stereocenters. The quantitative estimate of drug-likeness (QED) is 0.575. The van der Waals surface area contributed by atoms with Crippen LogP contribution in [-0.4, -0.2) is 0 Å². The third kappa shape index (κ3) is 1.22. The van der Waals surface area contributed by atoms with E-state index in [1.54, 1.807) is 0 Å². The molecule has 62 valence electrons. The Balaban J connectivity index is 2.30. The van der Waals surface area contributed by atoms with E-state index in [-0.39, 0.29) is 0 Å². The highest BCUT2D eigenvalue weighted by molar-refractivity contribution is 5.35. The molecule has 2 rings (SSSR count). The maximum Gasteiger partial charge on any atom is 0.0276 e. The van der Waals surface area contributed by atoms with Gasteiger partial charge < -0.3 is 5.73 Å². The molecule has 0 heterocycles. The van der Waals surface area contributed by atoms with Gasteiger partial charge in [0.05, 0.1) is 0 Å². The van der Waals surface area contributed by atoms with Gasteiger partial charge in [-0.05, 0) is 13.0 Å². The van der Waals surface area contributed by atoms with Crippen molar-refractivity contribution in [2.45, 2.75) is 6.92 Å². The van der Waals surface area contributed by atoms with Crippen molar-refractivity contribution in [1.82, 2.24) is 0 Å². The van der Waals surface area contributed by atoms with Crippen LogP contribution >= 0.6 is 0 Å². The van der Waals surface area contributed by atoms with Crippen LogP contribution in [0.15, 0.2) is 47.7 Å². The lowest BCUT2D eigenvalue weighted by molar-refractivity contribution is 0.648. The van der Waals surface area contributed by atoms with Crippen molar-refractivity contribution < 1.29 is 0 Å². The Morgan fingerprint density at radius 3 is 2.67 bits per heavy atom. The summed E-state index contributed by atoms with van der Waals surface area (Å²) in [5.74, 6) is 1.01. The lowest BCUT2D eigenvalue weighted by Crippen LogP contribution is -2.15. The van der Waals surface area contributed by atoms with Crippen LogP contribution in [0.25, 0.3) is 0 Å². The first kappa shape index (κ1) is 7.41. The van der Waals surface area contributed by atoms with Gasteiger partial charge in [-0.25, -0.2) is 0 Å². The fraction of sp³-hybridized carbons (Fsp3) is 0.273. The third-order valence-corrected chi connectivity index (χ3v) is 2.38. The fourth-order valence-electron chi connectivity index (χ4n) is 1.71. The summed E-state index contributed by atoms with van der Waals surface area (Å²) < 4.78 is 0. The summed E-state index contributed by atoms with van der Waals surface area (Å²) in [7, 11) is 0. The van der Waals surface area contributed by atoms with Crippen LogP contribution in [-0.2, 0) is 0 Å². The van der Waals surface area contributed by atoms with Gasteiger partial charge in [-0.1, -0.05) is 36.0 Å². The monoisotopic (exact) mass is 159 g/mol. The Kier molecular flexibility index (Phi) is 1.65. The fourth-order valence-corrected chi connectivity index (χ4v) is 1.71. The van der Waals surface area contributed by atoms with Gasteiger partial charge in [0.25, 0.3) is 0 Å². The topological polar surface area (TPSA) is 26.0 Å². The lowest BCUT2D eigenvalue weighted by atomic mass is 9.83. The molecule has 0 bridgehead atoms. The molecule has 0 spiro atoms. The molecule has 2 aliphatic rings. The zero-order valence-corrected chi connectivity index (χ0v) is 7.20. The Morgan fingerprint density at radius 1 is 1.08 bits per heavy atom. The Hall–Kier alpha value is -1.24. The number of allylic oxidation sites excluding steroid dienone is 7. The number of rotatable bonds is 0. The number of fused-ring (bicyclic) bond motifs is 1. The summed E-state index contributed by atoms with van der Waals surface area (Å²) in [6.07, 6.45) is 12.9. The van der Waals surface area contributed by atoms with Crippen molar-refractivity contribution >= 4 is 0 Å². The van der Waals surface area contributed by atoms with Crippen LogP contribution in [0.1, 0.15) is 6.92 Å². The first-order chi connectivity index (χ1) is 5.75. The highest BCUT2D eigenvalue weighted by atomic mass is 14.6. The van der Waals surface area contributed by atoms with Crippen molar-refractivity contribution in [1.29, 1.82) is 0 Å². The summed E-state index contributed by atoms with van der Waals surface area (Å²) in [6.45, 7) is 2.12. The minimum Gasteiger partial charge on any atom is -0.399 e. The number of hydrogen-bond donors (Lipinski definition) is 1. The summed E-state index contributed by atoms with van der Waals surface area (Å²) >= 11 is 0. The summed E-state index contributed by atoms with van der Waals surface area (Å²) in [4.78, 5) is 0. The van der Waals surface area contributed by atoms with Crippen LogP contribution in [0.3, 0.4) is 0 Å². The summed E-state index contributed by atoms with van der Waals surface area (Å²) in [6, 6.07) is 0. The van der Waals surface area contributed by atoms with E-state index in [0.717, 1.165) is 5.70 Å². The van der Waals surface area contributed by atoms with E-state index in [1.165, 1.54) is 5.57 Å². The number of hydrogen-bond acceptors (Lipinski definition) is 1. The Morgan fingerprint density at radius 2 is 1.83 bits per heavy atom. The Bertz CT molecular complexity index is 275. The van der Waals surface area contributed by atoms with Crippen molar-refractivity contribution in [2.24, 2.45) is 17.6 Å². The predicted molar refractivity (Wildman–Crippen MR) is 51.3 cm³/mol. The zero-order chi connectivity index (χ0) is 8.55. The van der Waals surface area contributed by atoms with Crippen LogP contribution in [0, 0.1) is 11.8 Å². The first-order valence-electron chi connectivity index (χ1n) is 4.28. The average molecular weight is 159 g/mol. The van der Waals surface area contributed by atoms with E-state index in [9.17, 15) is 0 Å². The maximum absolute atomic E-state index is 5.71. The molecule has 0 radical (unpaired) electrons. The molecule has 0 saturated heterocycles.